The summed E-state index contributed by atoms with van der Waals surface area (Å²) in [5, 5.41) is 0. The summed E-state index contributed by atoms with van der Waals surface area (Å²) < 4.78 is 105. The van der Waals surface area contributed by atoms with Gasteiger partial charge in [0.05, 0.1) is 14.8 Å². The topological polar surface area (TPSA) is 8.81 Å². The molecule has 0 radical (unpaired) electrons. The summed E-state index contributed by atoms with van der Waals surface area (Å²) in [5.41, 5.74) is 0. The second-order valence-corrected chi connectivity index (χ2v) is 1.93. The van der Waals surface area contributed by atoms with E-state index in [2.05, 4.69) is 0 Å². The molecule has 0 amide bonds. The van der Waals surface area contributed by atoms with Crippen molar-refractivity contribution in [2.75, 3.05) is 0 Å². The third-order valence-corrected chi connectivity index (χ3v) is 1.15. The molecule has 0 aliphatic rings. The van der Waals surface area contributed by atoms with Gasteiger partial charge >= 0.3 is 0 Å². The number of hydrogen-bond acceptors (Lipinski definition) is 0. The van der Waals surface area contributed by atoms with Crippen molar-refractivity contribution in [3.8, 4) is 0 Å². The van der Waals surface area contributed by atoms with E-state index < -0.39 is 39.4 Å². The number of imidazole rings is 1. The average Bonchev–Trinajstić information content (AvgIpc) is 2.80. The van der Waals surface area contributed by atoms with E-state index in [0.29, 0.717) is 15.5 Å². The first kappa shape index (κ1) is 1.48. The lowest BCUT2D eigenvalue weighted by molar-refractivity contribution is -0.715. The van der Waals surface area contributed by atoms with Gasteiger partial charge in [-0.3, -0.25) is 0 Å². The summed E-state index contributed by atoms with van der Waals surface area (Å²) in [5.74, 6) is 0. The van der Waals surface area contributed by atoms with Crippen molar-refractivity contribution in [2.45, 2.75) is 39.4 Å². The Kier molecular flexibility index (Phi) is 0.413. The van der Waals surface area contributed by atoms with Crippen LogP contribution in [0.2, 0.25) is 0 Å². The molecule has 0 aliphatic carbocycles. The first-order valence-corrected chi connectivity index (χ1v) is 2.81. The smallest absolute Gasteiger partial charge is 0.235 e. The van der Waals surface area contributed by atoms with E-state index in [1.165, 1.54) is 0 Å². The van der Waals surface area contributed by atoms with Crippen molar-refractivity contribution < 1.29 is 23.8 Å². The molecule has 1 rings (SSSR count). The highest BCUT2D eigenvalue weighted by Gasteiger charge is 2.08. The maximum atomic E-state index is 7.98. The van der Waals surface area contributed by atoms with Crippen LogP contribution in [0, 0.1) is 0 Å². The minimum atomic E-state index is -3.35. The minimum absolute atomic E-state index is 0.383. The Labute approximate surface area is 88.1 Å². The second-order valence-electron chi connectivity index (χ2n) is 1.93. The normalized spacial score (nSPS) is 36.7. The van der Waals surface area contributed by atoms with Gasteiger partial charge in [-0.05, 0) is 27.4 Å². The standard InChI is InChI=1S/C9H17N2/c1-8(2)10-5-6-11(7-10)9(3)4/h5-9H,1-4H3/q+1/i1D3,2D3,3D3,4D3,8D,9D. The van der Waals surface area contributed by atoms with Gasteiger partial charge in [-0.25, -0.2) is 9.13 Å². The number of hydrogen-bond donors (Lipinski definition) is 0. The molecule has 0 aromatic carbocycles. The predicted molar refractivity (Wildman–Crippen MR) is 45.4 cm³/mol. The SMILES string of the molecule is [2H]C([2H])([2H])C([2H])(n1cc[n+](C([2H])(C([2H])([2H])[2H])C([2H])([2H])[2H])c1)C([2H])([2H])[2H]. The largest absolute Gasteiger partial charge is 0.244 e. The summed E-state index contributed by atoms with van der Waals surface area (Å²) in [6.45, 7) is -13.4. The van der Waals surface area contributed by atoms with Gasteiger partial charge in [-0.15, -0.1) is 0 Å². The van der Waals surface area contributed by atoms with Crippen LogP contribution >= 0.6 is 0 Å². The molecule has 0 aliphatic heterocycles. The molecular formula is C9H17N2+. The molecule has 0 fully saturated rings. The lowest BCUT2D eigenvalue weighted by atomic mass is 10.4. The molecule has 1 aromatic heterocycles. The Morgan fingerprint density at radius 3 is 2.91 bits per heavy atom. The van der Waals surface area contributed by atoms with Gasteiger partial charge in [0.1, 0.15) is 12.4 Å². The quantitative estimate of drug-likeness (QED) is 0.595. The van der Waals surface area contributed by atoms with Crippen LogP contribution in [0.5, 0.6) is 0 Å². The van der Waals surface area contributed by atoms with Gasteiger partial charge in [0.2, 0.25) is 6.33 Å². The molecule has 2 nitrogen and oxygen atoms in total. The molecule has 0 N–H and O–H groups in total. The highest BCUT2D eigenvalue weighted by Crippen LogP contribution is 2.01. The van der Waals surface area contributed by atoms with Crippen LogP contribution in [-0.2, 0) is 0 Å². The molecule has 0 bridgehead atoms. The number of nitrogens with zero attached hydrogens (tertiary/aromatic N) is 2. The molecule has 0 spiro atoms. The van der Waals surface area contributed by atoms with Gasteiger partial charge in [-0.2, -0.15) is 0 Å². The molecule has 0 saturated heterocycles. The summed E-state index contributed by atoms with van der Waals surface area (Å²) in [6, 6.07) is -6.40. The third-order valence-electron chi connectivity index (χ3n) is 1.15. The summed E-state index contributed by atoms with van der Waals surface area (Å²) in [7, 11) is 0. The van der Waals surface area contributed by atoms with Crippen molar-refractivity contribution in [3.05, 3.63) is 18.7 Å². The van der Waals surface area contributed by atoms with Crippen LogP contribution in [0.15, 0.2) is 18.7 Å². The van der Waals surface area contributed by atoms with Gasteiger partial charge in [0, 0.05) is 16.4 Å². The van der Waals surface area contributed by atoms with E-state index in [1.807, 2.05) is 0 Å². The zero-order valence-corrected chi connectivity index (χ0v) is 5.63. The first-order valence-electron chi connectivity index (χ1n) is 9.81. The maximum Gasteiger partial charge on any atom is 0.244 e. The third kappa shape index (κ3) is 1.82. The van der Waals surface area contributed by atoms with Crippen molar-refractivity contribution in [1.82, 2.24) is 4.57 Å². The molecule has 0 atom stereocenters. The van der Waals surface area contributed by atoms with Gasteiger partial charge in [0.15, 0.2) is 0 Å². The zero-order valence-electron chi connectivity index (χ0n) is 19.6. The van der Waals surface area contributed by atoms with Crippen LogP contribution in [0.4, 0.5) is 0 Å². The van der Waals surface area contributed by atoms with Crippen LogP contribution < -0.4 is 4.57 Å². The number of rotatable bonds is 2. The summed E-state index contributed by atoms with van der Waals surface area (Å²) in [4.78, 5) is 0. The van der Waals surface area contributed by atoms with Gasteiger partial charge < -0.3 is 0 Å². The highest BCUT2D eigenvalue weighted by atomic mass is 15.1. The molecule has 0 saturated carbocycles. The lowest BCUT2D eigenvalue weighted by Gasteiger charge is -1.99. The van der Waals surface area contributed by atoms with Crippen LogP contribution in [0.1, 0.15) is 58.6 Å². The van der Waals surface area contributed by atoms with Crippen molar-refractivity contribution >= 4 is 0 Å². The van der Waals surface area contributed by atoms with E-state index in [1.54, 1.807) is 0 Å². The highest BCUT2D eigenvalue weighted by molar-refractivity contribution is 4.70. The maximum absolute atomic E-state index is 7.98. The average molecular weight is 167 g/mol. The zero-order chi connectivity index (χ0) is 20.3. The fraction of sp³-hybridized carbons (Fsp3) is 0.667. The summed E-state index contributed by atoms with van der Waals surface area (Å²) in [6.07, 6.45) is 2.05. The fourth-order valence-electron chi connectivity index (χ4n) is 0.619. The second kappa shape index (κ2) is 3.07. The minimum Gasteiger partial charge on any atom is -0.235 e. The Morgan fingerprint density at radius 2 is 2.27 bits per heavy atom. The van der Waals surface area contributed by atoms with E-state index in [9.17, 15) is 0 Å². The predicted octanol–water partition coefficient (Wildman–Crippen LogP) is 1.94. The van der Waals surface area contributed by atoms with Gasteiger partial charge in [0.25, 0.3) is 0 Å². The first-order chi connectivity index (χ1) is 10.7. The van der Waals surface area contributed by atoms with E-state index in [4.69, 9.17) is 19.2 Å². The van der Waals surface area contributed by atoms with E-state index >= 15 is 0 Å². The lowest BCUT2D eigenvalue weighted by Crippen LogP contribution is -2.33. The Hall–Kier alpha value is -0.790. The van der Waals surface area contributed by atoms with E-state index in [0.717, 1.165) is 12.4 Å². The monoisotopic (exact) mass is 167 g/mol. The van der Waals surface area contributed by atoms with Crippen molar-refractivity contribution in [3.63, 3.8) is 0 Å². The molecule has 2 heteroatoms. The number of aromatic nitrogens is 2. The molecule has 0 unspecified atom stereocenters. The van der Waals surface area contributed by atoms with Gasteiger partial charge in [-0.1, -0.05) is 0 Å². The van der Waals surface area contributed by atoms with Crippen LogP contribution in [0.25, 0.3) is 0 Å². The Balaban J connectivity index is 3.67. The molecule has 62 valence electrons. The molecule has 1 aromatic rings. The Bertz CT molecular complexity index is 533. The molecular weight excluding hydrogens is 136 g/mol. The van der Waals surface area contributed by atoms with Crippen molar-refractivity contribution in [1.29, 1.82) is 0 Å². The Morgan fingerprint density at radius 1 is 1.45 bits per heavy atom. The molecule has 1 heterocycles. The van der Waals surface area contributed by atoms with E-state index in [-0.39, 0.29) is 0 Å². The van der Waals surface area contributed by atoms with Crippen molar-refractivity contribution in [2.24, 2.45) is 0 Å². The molecule has 11 heavy (non-hydrogen) atoms. The summed E-state index contributed by atoms with van der Waals surface area (Å²) >= 11 is 0. The van der Waals surface area contributed by atoms with Crippen LogP contribution in [0.3, 0.4) is 0 Å². The fourth-order valence-corrected chi connectivity index (χ4v) is 0.619. The van der Waals surface area contributed by atoms with Crippen LogP contribution in [-0.4, -0.2) is 4.57 Å².